The Balaban J connectivity index is 1.72. The number of aliphatic carboxylic acids is 1. The molecule has 23 heavy (non-hydrogen) atoms. The summed E-state index contributed by atoms with van der Waals surface area (Å²) >= 11 is 6.14. The molecule has 1 saturated heterocycles. The molecular weight excluding hydrogens is 318 g/mol. The Kier molecular flexibility index (Phi) is 4.34. The molecule has 0 bridgehead atoms. The van der Waals surface area contributed by atoms with Gasteiger partial charge in [-0.3, -0.25) is 14.7 Å². The van der Waals surface area contributed by atoms with E-state index in [9.17, 15) is 9.59 Å². The maximum absolute atomic E-state index is 12.5. The van der Waals surface area contributed by atoms with Crippen LogP contribution in [0.1, 0.15) is 23.3 Å². The molecule has 2 aromatic rings. The lowest BCUT2D eigenvalue weighted by atomic mass is 9.97. The molecule has 1 aromatic heterocycles. The molecule has 0 spiro atoms. The van der Waals surface area contributed by atoms with Gasteiger partial charge in [-0.1, -0.05) is 29.8 Å². The molecule has 6 nitrogen and oxygen atoms in total. The van der Waals surface area contributed by atoms with E-state index in [-0.39, 0.29) is 11.8 Å². The average Bonchev–Trinajstić information content (AvgIpc) is 3.04. The maximum atomic E-state index is 12.5. The van der Waals surface area contributed by atoms with Crippen molar-refractivity contribution in [3.05, 3.63) is 41.0 Å². The second-order valence-corrected chi connectivity index (χ2v) is 5.96. The number of carboxylic acids is 1. The van der Waals surface area contributed by atoms with Gasteiger partial charge in [-0.25, -0.2) is 0 Å². The van der Waals surface area contributed by atoms with Crippen LogP contribution in [0, 0.1) is 5.92 Å². The molecule has 0 saturated carbocycles. The number of carbonyl (C=O) groups excluding carboxylic acids is 1. The number of carbonyl (C=O) groups is 2. The number of hydrogen-bond donors (Lipinski definition) is 2. The fraction of sp³-hybridized carbons (Fsp3) is 0.312. The van der Waals surface area contributed by atoms with Gasteiger partial charge in [0.1, 0.15) is 5.69 Å². The van der Waals surface area contributed by atoms with E-state index in [0.29, 0.717) is 42.3 Å². The number of likely N-dealkylation sites (tertiary alicyclic amines) is 1. The van der Waals surface area contributed by atoms with Crippen LogP contribution in [0.5, 0.6) is 0 Å². The van der Waals surface area contributed by atoms with Crippen molar-refractivity contribution in [1.29, 1.82) is 0 Å². The first-order valence-electron chi connectivity index (χ1n) is 7.38. The van der Waals surface area contributed by atoms with Crippen LogP contribution in [0.3, 0.4) is 0 Å². The van der Waals surface area contributed by atoms with Crippen molar-refractivity contribution < 1.29 is 14.7 Å². The number of rotatable bonds is 3. The van der Waals surface area contributed by atoms with Gasteiger partial charge in [0.15, 0.2) is 0 Å². The Morgan fingerprint density at radius 1 is 1.26 bits per heavy atom. The van der Waals surface area contributed by atoms with Gasteiger partial charge in [0.05, 0.1) is 16.6 Å². The Bertz CT molecular complexity index is 736. The number of carboxylic acid groups (broad SMARTS) is 1. The van der Waals surface area contributed by atoms with Gasteiger partial charge in [-0.05, 0) is 25.0 Å². The van der Waals surface area contributed by atoms with Gasteiger partial charge in [0, 0.05) is 18.7 Å². The number of benzene rings is 1. The highest BCUT2D eigenvalue weighted by molar-refractivity contribution is 6.33. The largest absolute Gasteiger partial charge is 0.481 e. The quantitative estimate of drug-likeness (QED) is 0.904. The minimum Gasteiger partial charge on any atom is -0.481 e. The summed E-state index contributed by atoms with van der Waals surface area (Å²) in [6.07, 6.45) is 0.958. The minimum atomic E-state index is -0.792. The summed E-state index contributed by atoms with van der Waals surface area (Å²) in [5.41, 5.74) is 1.75. The second-order valence-electron chi connectivity index (χ2n) is 5.55. The zero-order valence-electron chi connectivity index (χ0n) is 12.3. The Hall–Kier alpha value is -2.34. The third-order valence-corrected chi connectivity index (χ3v) is 4.42. The number of nitrogens with one attached hydrogen (secondary N) is 1. The van der Waals surface area contributed by atoms with Gasteiger partial charge >= 0.3 is 5.97 Å². The van der Waals surface area contributed by atoms with Crippen molar-refractivity contribution in [1.82, 2.24) is 15.1 Å². The van der Waals surface area contributed by atoms with Crippen molar-refractivity contribution in [2.45, 2.75) is 12.8 Å². The third kappa shape index (κ3) is 3.22. The zero-order chi connectivity index (χ0) is 16.4. The molecule has 2 N–H and O–H groups in total. The molecule has 0 atom stereocenters. The number of amides is 1. The zero-order valence-corrected chi connectivity index (χ0v) is 13.1. The predicted octanol–water partition coefficient (Wildman–Crippen LogP) is 2.67. The normalized spacial score (nSPS) is 15.6. The summed E-state index contributed by atoms with van der Waals surface area (Å²) in [5.74, 6) is -1.32. The van der Waals surface area contributed by atoms with Crippen LogP contribution in [0.25, 0.3) is 11.3 Å². The number of H-pyrrole nitrogens is 1. The minimum absolute atomic E-state index is 0.167. The summed E-state index contributed by atoms with van der Waals surface area (Å²) in [6.45, 7) is 0.881. The number of piperidine rings is 1. The van der Waals surface area contributed by atoms with Crippen molar-refractivity contribution in [3.8, 4) is 11.3 Å². The van der Waals surface area contributed by atoms with E-state index in [1.54, 1.807) is 17.0 Å². The lowest BCUT2D eigenvalue weighted by Crippen LogP contribution is -2.40. The number of aromatic nitrogens is 2. The second kappa shape index (κ2) is 6.42. The first-order chi connectivity index (χ1) is 11.1. The molecule has 2 heterocycles. The molecule has 0 unspecified atom stereocenters. The van der Waals surface area contributed by atoms with E-state index in [2.05, 4.69) is 10.2 Å². The lowest BCUT2D eigenvalue weighted by Gasteiger charge is -2.29. The van der Waals surface area contributed by atoms with Gasteiger partial charge in [0.2, 0.25) is 0 Å². The van der Waals surface area contributed by atoms with Gasteiger partial charge in [-0.2, -0.15) is 5.10 Å². The number of halogens is 1. The summed E-state index contributed by atoms with van der Waals surface area (Å²) in [4.78, 5) is 25.1. The Labute approximate surface area is 138 Å². The molecule has 0 radical (unpaired) electrons. The van der Waals surface area contributed by atoms with Crippen LogP contribution in [0.2, 0.25) is 5.02 Å². The van der Waals surface area contributed by atoms with Crippen LogP contribution in [0.4, 0.5) is 0 Å². The van der Waals surface area contributed by atoms with Gasteiger partial charge in [-0.15, -0.1) is 0 Å². The number of nitrogens with zero attached hydrogens (tertiary/aromatic N) is 2. The molecule has 120 valence electrons. The van der Waals surface area contributed by atoms with Crippen molar-refractivity contribution in [2.24, 2.45) is 5.92 Å². The van der Waals surface area contributed by atoms with Crippen LogP contribution < -0.4 is 0 Å². The van der Waals surface area contributed by atoms with Crippen LogP contribution in [-0.4, -0.2) is 45.2 Å². The molecule has 0 aliphatic carbocycles. The van der Waals surface area contributed by atoms with E-state index in [0.717, 1.165) is 5.56 Å². The molecule has 1 amide bonds. The van der Waals surface area contributed by atoms with Crippen LogP contribution in [0.15, 0.2) is 30.3 Å². The number of hydrogen-bond acceptors (Lipinski definition) is 3. The SMILES string of the molecule is O=C(O)C1CCN(C(=O)c2cc(-c3ccccc3Cl)n[nH]2)CC1. The molecule has 7 heteroatoms. The fourth-order valence-corrected chi connectivity index (χ4v) is 2.97. The first-order valence-corrected chi connectivity index (χ1v) is 7.76. The van der Waals surface area contributed by atoms with E-state index in [4.69, 9.17) is 16.7 Å². The van der Waals surface area contributed by atoms with Crippen molar-refractivity contribution in [2.75, 3.05) is 13.1 Å². The highest BCUT2D eigenvalue weighted by Gasteiger charge is 2.28. The third-order valence-electron chi connectivity index (χ3n) is 4.09. The molecule has 1 aromatic carbocycles. The van der Waals surface area contributed by atoms with Crippen molar-refractivity contribution in [3.63, 3.8) is 0 Å². The predicted molar refractivity (Wildman–Crippen MR) is 85.3 cm³/mol. The van der Waals surface area contributed by atoms with E-state index in [1.165, 1.54) is 0 Å². The fourth-order valence-electron chi connectivity index (χ4n) is 2.74. The molecule has 1 aliphatic rings. The molecule has 1 fully saturated rings. The van der Waals surface area contributed by atoms with E-state index < -0.39 is 5.97 Å². The summed E-state index contributed by atoms with van der Waals surface area (Å²) in [5, 5.41) is 16.5. The average molecular weight is 334 g/mol. The lowest BCUT2D eigenvalue weighted by molar-refractivity contribution is -0.143. The summed E-state index contributed by atoms with van der Waals surface area (Å²) < 4.78 is 0. The summed E-state index contributed by atoms with van der Waals surface area (Å²) in [7, 11) is 0. The van der Waals surface area contributed by atoms with Crippen LogP contribution in [-0.2, 0) is 4.79 Å². The first kappa shape index (κ1) is 15.6. The van der Waals surface area contributed by atoms with Gasteiger partial charge < -0.3 is 10.0 Å². The van der Waals surface area contributed by atoms with E-state index in [1.807, 2.05) is 18.2 Å². The van der Waals surface area contributed by atoms with Crippen LogP contribution >= 0.6 is 11.6 Å². The standard InChI is InChI=1S/C16H16ClN3O3/c17-12-4-2-1-3-11(12)13-9-14(19-18-13)15(21)20-7-5-10(6-8-20)16(22)23/h1-4,9-10H,5-8H2,(H,18,19)(H,22,23). The smallest absolute Gasteiger partial charge is 0.306 e. The molecular formula is C16H16ClN3O3. The monoisotopic (exact) mass is 333 g/mol. The maximum Gasteiger partial charge on any atom is 0.306 e. The highest BCUT2D eigenvalue weighted by atomic mass is 35.5. The van der Waals surface area contributed by atoms with E-state index >= 15 is 0 Å². The number of aromatic amines is 1. The summed E-state index contributed by atoms with van der Waals surface area (Å²) in [6, 6.07) is 8.97. The molecule has 3 rings (SSSR count). The topological polar surface area (TPSA) is 86.3 Å². The van der Waals surface area contributed by atoms with Gasteiger partial charge in [0.25, 0.3) is 5.91 Å². The van der Waals surface area contributed by atoms with Crippen molar-refractivity contribution >= 4 is 23.5 Å². The highest BCUT2D eigenvalue weighted by Crippen LogP contribution is 2.27. The Morgan fingerprint density at radius 3 is 2.61 bits per heavy atom. The molecule has 1 aliphatic heterocycles. The Morgan fingerprint density at radius 2 is 1.96 bits per heavy atom.